The molecule has 0 spiro atoms. The molecular weight excluding hydrogens is 446 g/mol. The Kier molecular flexibility index (Phi) is 6.96. The predicted octanol–water partition coefficient (Wildman–Crippen LogP) is 3.37. The van der Waals surface area contributed by atoms with Crippen LogP contribution in [-0.4, -0.2) is 53.2 Å². The zero-order chi connectivity index (χ0) is 22.5. The molecule has 164 valence electrons. The fourth-order valence-corrected chi connectivity index (χ4v) is 5.20. The highest BCUT2D eigenvalue weighted by molar-refractivity contribution is 8.18. The highest BCUT2D eigenvalue weighted by Crippen LogP contribution is 2.35. The Balaban J connectivity index is 1.26. The number of nitrogens with one attached hydrogen (secondary N) is 1. The first-order chi connectivity index (χ1) is 15.5. The number of hydrogen-bond acceptors (Lipinski definition) is 6. The standard InChI is InChI=1S/C23H21N3O4S2/c27-20(10-12-25-17-8-4-5-9-18(17)31-15-21(25)28)24-11-13-26-22(29)19(32-23(26)30)14-16-6-2-1-3-7-16/h1-9,14H,10-13,15H2,(H,24,27)/b19-14-. The van der Waals surface area contributed by atoms with E-state index in [2.05, 4.69) is 5.32 Å². The molecule has 32 heavy (non-hydrogen) atoms. The van der Waals surface area contributed by atoms with Crippen LogP contribution in [0.3, 0.4) is 0 Å². The quantitative estimate of drug-likeness (QED) is 0.629. The normalized spacial score (nSPS) is 17.1. The van der Waals surface area contributed by atoms with Gasteiger partial charge in [-0.15, -0.1) is 11.8 Å². The summed E-state index contributed by atoms with van der Waals surface area (Å²) in [5.41, 5.74) is 1.67. The number of carbonyl (C=O) groups is 4. The lowest BCUT2D eigenvalue weighted by Crippen LogP contribution is -2.40. The number of benzene rings is 2. The van der Waals surface area contributed by atoms with Gasteiger partial charge < -0.3 is 10.2 Å². The van der Waals surface area contributed by atoms with Gasteiger partial charge in [-0.3, -0.25) is 24.1 Å². The van der Waals surface area contributed by atoms with Crippen molar-refractivity contribution in [2.45, 2.75) is 11.3 Å². The zero-order valence-corrected chi connectivity index (χ0v) is 18.8. The molecule has 0 unspecified atom stereocenters. The van der Waals surface area contributed by atoms with Gasteiger partial charge in [0.2, 0.25) is 11.8 Å². The number of anilines is 1. The van der Waals surface area contributed by atoms with Gasteiger partial charge in [0.25, 0.3) is 11.1 Å². The van der Waals surface area contributed by atoms with Crippen LogP contribution in [0.15, 0.2) is 64.4 Å². The summed E-state index contributed by atoms with van der Waals surface area (Å²) in [6.07, 6.45) is 1.83. The van der Waals surface area contributed by atoms with Crippen molar-refractivity contribution < 1.29 is 19.2 Å². The Morgan fingerprint density at radius 2 is 1.72 bits per heavy atom. The molecule has 7 nitrogen and oxygen atoms in total. The summed E-state index contributed by atoms with van der Waals surface area (Å²) in [6, 6.07) is 16.9. The molecule has 2 heterocycles. The van der Waals surface area contributed by atoms with Crippen molar-refractivity contribution in [3.8, 4) is 0 Å². The Bertz CT molecular complexity index is 1090. The average molecular weight is 468 g/mol. The molecule has 0 saturated carbocycles. The Morgan fingerprint density at radius 1 is 0.969 bits per heavy atom. The summed E-state index contributed by atoms with van der Waals surface area (Å²) < 4.78 is 0. The summed E-state index contributed by atoms with van der Waals surface area (Å²) in [7, 11) is 0. The molecule has 4 rings (SSSR count). The molecule has 2 aromatic carbocycles. The Morgan fingerprint density at radius 3 is 2.53 bits per heavy atom. The van der Waals surface area contributed by atoms with E-state index in [1.165, 1.54) is 11.8 Å². The molecule has 1 N–H and O–H groups in total. The predicted molar refractivity (Wildman–Crippen MR) is 126 cm³/mol. The second-order valence-electron chi connectivity index (χ2n) is 7.15. The number of para-hydroxylation sites is 1. The maximum atomic E-state index is 12.5. The van der Waals surface area contributed by atoms with Crippen LogP contribution < -0.4 is 10.2 Å². The van der Waals surface area contributed by atoms with Gasteiger partial charge in [0.1, 0.15) is 0 Å². The maximum absolute atomic E-state index is 12.5. The van der Waals surface area contributed by atoms with Gasteiger partial charge >= 0.3 is 0 Å². The van der Waals surface area contributed by atoms with Crippen LogP contribution in [-0.2, 0) is 14.4 Å². The number of imide groups is 1. The largest absolute Gasteiger partial charge is 0.354 e. The fraction of sp³-hybridized carbons (Fsp3) is 0.217. The maximum Gasteiger partial charge on any atom is 0.293 e. The average Bonchev–Trinajstić information content (AvgIpc) is 3.06. The topological polar surface area (TPSA) is 86.8 Å². The van der Waals surface area contributed by atoms with Gasteiger partial charge in [-0.05, 0) is 35.5 Å². The molecule has 0 aliphatic carbocycles. The van der Waals surface area contributed by atoms with Gasteiger partial charge in [-0.2, -0.15) is 0 Å². The van der Waals surface area contributed by atoms with Crippen molar-refractivity contribution in [1.82, 2.24) is 10.2 Å². The number of amides is 4. The third kappa shape index (κ3) is 5.05. The highest BCUT2D eigenvalue weighted by Gasteiger charge is 2.34. The molecule has 2 aliphatic heterocycles. The van der Waals surface area contributed by atoms with Crippen LogP contribution in [0.4, 0.5) is 10.5 Å². The number of rotatable bonds is 7. The van der Waals surface area contributed by atoms with Crippen molar-refractivity contribution in [2.75, 3.05) is 30.3 Å². The number of hydrogen-bond donors (Lipinski definition) is 1. The highest BCUT2D eigenvalue weighted by atomic mass is 32.2. The molecule has 0 aromatic heterocycles. The summed E-state index contributed by atoms with van der Waals surface area (Å²) in [5, 5.41) is 2.39. The monoisotopic (exact) mass is 467 g/mol. The summed E-state index contributed by atoms with van der Waals surface area (Å²) in [4.78, 5) is 53.5. The first kappa shape index (κ1) is 22.2. The van der Waals surface area contributed by atoms with E-state index in [0.717, 1.165) is 32.8 Å². The minimum Gasteiger partial charge on any atom is -0.354 e. The van der Waals surface area contributed by atoms with Gasteiger partial charge in [0, 0.05) is 31.0 Å². The fourth-order valence-electron chi connectivity index (χ4n) is 3.40. The lowest BCUT2D eigenvalue weighted by atomic mass is 10.2. The third-order valence-corrected chi connectivity index (χ3v) is 6.95. The van der Waals surface area contributed by atoms with E-state index in [9.17, 15) is 19.2 Å². The molecule has 9 heteroatoms. The number of thioether (sulfide) groups is 2. The molecule has 0 atom stereocenters. The van der Waals surface area contributed by atoms with E-state index in [1.54, 1.807) is 11.0 Å². The van der Waals surface area contributed by atoms with Crippen LogP contribution >= 0.6 is 23.5 Å². The van der Waals surface area contributed by atoms with Crippen molar-refractivity contribution in [3.05, 3.63) is 65.1 Å². The van der Waals surface area contributed by atoms with Crippen molar-refractivity contribution >= 4 is 58.2 Å². The van der Waals surface area contributed by atoms with Crippen LogP contribution in [0.2, 0.25) is 0 Å². The lowest BCUT2D eigenvalue weighted by molar-refractivity contribution is -0.124. The minimum atomic E-state index is -0.355. The first-order valence-electron chi connectivity index (χ1n) is 10.1. The number of carbonyl (C=O) groups excluding carboxylic acids is 4. The van der Waals surface area contributed by atoms with Gasteiger partial charge in [-0.1, -0.05) is 42.5 Å². The number of fused-ring (bicyclic) bond motifs is 1. The molecule has 1 fully saturated rings. The van der Waals surface area contributed by atoms with E-state index < -0.39 is 0 Å². The van der Waals surface area contributed by atoms with Gasteiger partial charge in [-0.25, -0.2) is 0 Å². The van der Waals surface area contributed by atoms with Crippen LogP contribution in [0.5, 0.6) is 0 Å². The molecule has 2 aliphatic rings. The van der Waals surface area contributed by atoms with E-state index in [1.807, 2.05) is 54.6 Å². The summed E-state index contributed by atoms with van der Waals surface area (Å²) in [6.45, 7) is 0.546. The van der Waals surface area contributed by atoms with Crippen LogP contribution in [0.1, 0.15) is 12.0 Å². The molecule has 1 saturated heterocycles. The van der Waals surface area contributed by atoms with Crippen molar-refractivity contribution in [3.63, 3.8) is 0 Å². The molecule has 0 bridgehead atoms. The number of nitrogens with zero attached hydrogens (tertiary/aromatic N) is 2. The van der Waals surface area contributed by atoms with Crippen LogP contribution in [0.25, 0.3) is 6.08 Å². The van der Waals surface area contributed by atoms with Gasteiger partial charge in [0.15, 0.2) is 0 Å². The van der Waals surface area contributed by atoms with E-state index in [-0.39, 0.29) is 49.0 Å². The molecule has 4 amide bonds. The van der Waals surface area contributed by atoms with Crippen molar-refractivity contribution in [1.29, 1.82) is 0 Å². The lowest BCUT2D eigenvalue weighted by Gasteiger charge is -2.28. The minimum absolute atomic E-state index is 0.0236. The van der Waals surface area contributed by atoms with E-state index in [4.69, 9.17) is 0 Å². The smallest absolute Gasteiger partial charge is 0.293 e. The summed E-state index contributed by atoms with van der Waals surface area (Å²) >= 11 is 2.39. The van der Waals surface area contributed by atoms with E-state index in [0.29, 0.717) is 10.7 Å². The second kappa shape index (κ2) is 10.1. The molecule has 2 aromatic rings. The molecular formula is C23H21N3O4S2. The Labute approximate surface area is 194 Å². The molecule has 0 radical (unpaired) electrons. The van der Waals surface area contributed by atoms with Gasteiger partial charge in [0.05, 0.1) is 16.3 Å². The zero-order valence-electron chi connectivity index (χ0n) is 17.2. The summed E-state index contributed by atoms with van der Waals surface area (Å²) in [5.74, 6) is -0.259. The van der Waals surface area contributed by atoms with E-state index >= 15 is 0 Å². The first-order valence-corrected chi connectivity index (χ1v) is 11.9. The van der Waals surface area contributed by atoms with Crippen molar-refractivity contribution in [2.24, 2.45) is 0 Å². The second-order valence-corrected chi connectivity index (χ2v) is 9.16. The third-order valence-electron chi connectivity index (χ3n) is 5.00. The Hall–Kier alpha value is -3.04. The van der Waals surface area contributed by atoms with Crippen LogP contribution in [0, 0.1) is 0 Å². The SMILES string of the molecule is O=C(CCN1C(=O)CSc2ccccc21)NCCN1C(=O)S/C(=C\c2ccccc2)C1=O.